The van der Waals surface area contributed by atoms with Gasteiger partial charge in [-0.25, -0.2) is 4.39 Å². The van der Waals surface area contributed by atoms with E-state index in [0.717, 1.165) is 12.1 Å². The highest BCUT2D eigenvalue weighted by molar-refractivity contribution is 5.66. The van der Waals surface area contributed by atoms with Crippen LogP contribution >= 0.6 is 0 Å². The smallest absolute Gasteiger partial charge is 0.406 e. The van der Waals surface area contributed by atoms with Gasteiger partial charge in [0.25, 0.3) is 0 Å². The molecule has 0 spiro atoms. The Kier molecular flexibility index (Phi) is 3.94. The lowest BCUT2D eigenvalue weighted by molar-refractivity contribution is -0.274. The summed E-state index contributed by atoms with van der Waals surface area (Å²) in [7, 11) is 0. The van der Waals surface area contributed by atoms with E-state index in [1.807, 2.05) is 0 Å². The Labute approximate surface area is 112 Å². The Bertz CT molecular complexity index is 610. The highest BCUT2D eigenvalue weighted by Gasteiger charge is 2.31. The Morgan fingerprint density at radius 1 is 1.05 bits per heavy atom. The molecule has 0 atom stereocenters. The van der Waals surface area contributed by atoms with E-state index in [0.29, 0.717) is 11.1 Å². The first-order valence-electron chi connectivity index (χ1n) is 5.74. The molecule has 106 valence electrons. The molecule has 0 saturated heterocycles. The summed E-state index contributed by atoms with van der Waals surface area (Å²) < 4.78 is 54.1. The van der Waals surface area contributed by atoms with Gasteiger partial charge in [-0.1, -0.05) is 24.3 Å². The molecule has 0 fully saturated rings. The zero-order valence-electron chi connectivity index (χ0n) is 10.2. The maximum absolute atomic E-state index is 13.9. The van der Waals surface area contributed by atoms with E-state index < -0.39 is 17.9 Å². The average molecular weight is 285 g/mol. The molecule has 0 aliphatic heterocycles. The molecule has 0 unspecified atom stereocenters. The van der Waals surface area contributed by atoms with Crippen molar-refractivity contribution in [3.63, 3.8) is 0 Å². The molecule has 0 bridgehead atoms. The van der Waals surface area contributed by atoms with E-state index in [1.54, 1.807) is 6.07 Å². The standard InChI is InChI=1S/C14H11F4NO/c15-13-6-9(8-19)4-5-12(13)10-2-1-3-11(7-10)20-14(16,17)18/h1-7H,8,19H2. The average Bonchev–Trinajstić information content (AvgIpc) is 2.36. The Morgan fingerprint density at radius 2 is 1.80 bits per heavy atom. The fraction of sp³-hybridized carbons (Fsp3) is 0.143. The third-order valence-electron chi connectivity index (χ3n) is 2.65. The van der Waals surface area contributed by atoms with Crippen LogP contribution in [0.25, 0.3) is 11.1 Å². The molecule has 0 heterocycles. The SMILES string of the molecule is NCc1ccc(-c2cccc(OC(F)(F)F)c2)c(F)c1. The Morgan fingerprint density at radius 3 is 2.40 bits per heavy atom. The van der Waals surface area contributed by atoms with Gasteiger partial charge in [0.05, 0.1) is 0 Å². The van der Waals surface area contributed by atoms with Crippen molar-refractivity contribution in [1.29, 1.82) is 0 Å². The van der Waals surface area contributed by atoms with Gasteiger partial charge in [-0.05, 0) is 29.3 Å². The van der Waals surface area contributed by atoms with Crippen molar-refractivity contribution < 1.29 is 22.3 Å². The minimum Gasteiger partial charge on any atom is -0.406 e. The molecule has 2 rings (SSSR count). The van der Waals surface area contributed by atoms with Crippen molar-refractivity contribution in [3.8, 4) is 16.9 Å². The summed E-state index contributed by atoms with van der Waals surface area (Å²) in [4.78, 5) is 0. The topological polar surface area (TPSA) is 35.2 Å². The number of nitrogens with two attached hydrogens (primary N) is 1. The first kappa shape index (κ1) is 14.3. The molecule has 20 heavy (non-hydrogen) atoms. The van der Waals surface area contributed by atoms with Crippen LogP contribution in [-0.2, 0) is 6.54 Å². The van der Waals surface area contributed by atoms with Crippen molar-refractivity contribution in [2.24, 2.45) is 5.73 Å². The Hall–Kier alpha value is -2.08. The van der Waals surface area contributed by atoms with Gasteiger partial charge >= 0.3 is 6.36 Å². The maximum Gasteiger partial charge on any atom is 0.573 e. The summed E-state index contributed by atoms with van der Waals surface area (Å²) in [6.45, 7) is 0.189. The third kappa shape index (κ3) is 3.48. The van der Waals surface area contributed by atoms with E-state index in [2.05, 4.69) is 4.74 Å². The van der Waals surface area contributed by atoms with Crippen molar-refractivity contribution in [1.82, 2.24) is 0 Å². The van der Waals surface area contributed by atoms with Crippen LogP contribution in [0.2, 0.25) is 0 Å². The van der Waals surface area contributed by atoms with Crippen LogP contribution in [-0.4, -0.2) is 6.36 Å². The number of hydrogen-bond donors (Lipinski definition) is 1. The molecule has 0 amide bonds. The molecule has 0 radical (unpaired) electrons. The fourth-order valence-corrected chi connectivity index (χ4v) is 1.78. The monoisotopic (exact) mass is 285 g/mol. The largest absolute Gasteiger partial charge is 0.573 e. The van der Waals surface area contributed by atoms with Crippen molar-refractivity contribution >= 4 is 0 Å². The van der Waals surface area contributed by atoms with Crippen molar-refractivity contribution in [2.75, 3.05) is 0 Å². The van der Waals surface area contributed by atoms with Gasteiger partial charge in [-0.15, -0.1) is 13.2 Å². The molecule has 2 aromatic carbocycles. The predicted molar refractivity (Wildman–Crippen MR) is 66.4 cm³/mol. The normalized spacial score (nSPS) is 11.4. The molecule has 0 aliphatic rings. The van der Waals surface area contributed by atoms with Gasteiger partial charge in [0.2, 0.25) is 0 Å². The molecule has 2 nitrogen and oxygen atoms in total. The minimum absolute atomic E-state index is 0.189. The zero-order chi connectivity index (χ0) is 14.8. The number of ether oxygens (including phenoxy) is 1. The summed E-state index contributed by atoms with van der Waals surface area (Å²) in [5.74, 6) is -0.936. The molecule has 0 saturated carbocycles. The first-order valence-corrected chi connectivity index (χ1v) is 5.74. The van der Waals surface area contributed by atoms with Crippen LogP contribution in [0.4, 0.5) is 17.6 Å². The highest BCUT2D eigenvalue weighted by Crippen LogP contribution is 2.29. The minimum atomic E-state index is -4.78. The summed E-state index contributed by atoms with van der Waals surface area (Å²) in [6.07, 6.45) is -4.78. The third-order valence-corrected chi connectivity index (χ3v) is 2.65. The molecule has 6 heteroatoms. The lowest BCUT2D eigenvalue weighted by Gasteiger charge is -2.11. The summed E-state index contributed by atoms with van der Waals surface area (Å²) in [5, 5.41) is 0. The molecule has 2 aromatic rings. The van der Waals surface area contributed by atoms with Gasteiger partial charge in [0.1, 0.15) is 11.6 Å². The number of halogens is 4. The highest BCUT2D eigenvalue weighted by atomic mass is 19.4. The zero-order valence-corrected chi connectivity index (χ0v) is 10.2. The number of rotatable bonds is 3. The molecular weight excluding hydrogens is 274 g/mol. The Balaban J connectivity index is 2.36. The fourth-order valence-electron chi connectivity index (χ4n) is 1.78. The molecule has 0 aliphatic carbocycles. The van der Waals surface area contributed by atoms with Crippen LogP contribution in [0.5, 0.6) is 5.75 Å². The number of alkyl halides is 3. The second-order valence-corrected chi connectivity index (χ2v) is 4.09. The van der Waals surface area contributed by atoms with Crippen LogP contribution < -0.4 is 10.5 Å². The second-order valence-electron chi connectivity index (χ2n) is 4.09. The van der Waals surface area contributed by atoms with E-state index in [9.17, 15) is 17.6 Å². The molecular formula is C14H11F4NO. The molecule has 2 N–H and O–H groups in total. The van der Waals surface area contributed by atoms with Gasteiger partial charge in [0, 0.05) is 12.1 Å². The van der Waals surface area contributed by atoms with Gasteiger partial charge < -0.3 is 10.5 Å². The summed E-state index contributed by atoms with van der Waals surface area (Å²) in [5.41, 5.74) is 6.48. The first-order chi connectivity index (χ1) is 9.39. The second kappa shape index (κ2) is 5.50. The number of benzene rings is 2. The number of hydrogen-bond acceptors (Lipinski definition) is 2. The van der Waals surface area contributed by atoms with E-state index in [-0.39, 0.29) is 12.1 Å². The summed E-state index contributed by atoms with van der Waals surface area (Å²) >= 11 is 0. The van der Waals surface area contributed by atoms with E-state index in [4.69, 9.17) is 5.73 Å². The predicted octanol–water partition coefficient (Wildman–Crippen LogP) is 3.85. The van der Waals surface area contributed by atoms with Crippen LogP contribution in [0, 0.1) is 5.82 Å². The van der Waals surface area contributed by atoms with Gasteiger partial charge in [-0.2, -0.15) is 0 Å². The van der Waals surface area contributed by atoms with Gasteiger partial charge in [0.15, 0.2) is 0 Å². The van der Waals surface area contributed by atoms with E-state index in [1.165, 1.54) is 24.3 Å². The summed E-state index contributed by atoms with van der Waals surface area (Å²) in [6, 6.07) is 9.51. The van der Waals surface area contributed by atoms with Gasteiger partial charge in [-0.3, -0.25) is 0 Å². The maximum atomic E-state index is 13.9. The van der Waals surface area contributed by atoms with Crippen LogP contribution in [0.1, 0.15) is 5.56 Å². The lowest BCUT2D eigenvalue weighted by atomic mass is 10.0. The quantitative estimate of drug-likeness (QED) is 0.869. The van der Waals surface area contributed by atoms with Crippen molar-refractivity contribution in [3.05, 3.63) is 53.8 Å². The molecule has 0 aromatic heterocycles. The van der Waals surface area contributed by atoms with Crippen LogP contribution in [0.3, 0.4) is 0 Å². The lowest BCUT2D eigenvalue weighted by Crippen LogP contribution is -2.17. The van der Waals surface area contributed by atoms with Crippen molar-refractivity contribution in [2.45, 2.75) is 12.9 Å². The van der Waals surface area contributed by atoms with Crippen LogP contribution in [0.15, 0.2) is 42.5 Å². The van der Waals surface area contributed by atoms with E-state index >= 15 is 0 Å².